The number of likely N-dealkylation sites (tertiary alicyclic amines) is 1. The second-order valence-corrected chi connectivity index (χ2v) is 31.6. The van der Waals surface area contributed by atoms with Crippen LogP contribution in [0.1, 0.15) is 195 Å². The van der Waals surface area contributed by atoms with Crippen molar-refractivity contribution in [1.82, 2.24) is 49.4 Å². The topological polar surface area (TPSA) is 275 Å². The maximum absolute atomic E-state index is 15.4. The van der Waals surface area contributed by atoms with E-state index in [4.69, 9.17) is 4.74 Å². The van der Waals surface area contributed by atoms with Crippen LogP contribution in [0.3, 0.4) is 0 Å². The number of hydrogen-bond donors (Lipinski definition) is 2. The van der Waals surface area contributed by atoms with Crippen molar-refractivity contribution in [3.05, 3.63) is 12.2 Å². The molecule has 0 bridgehead atoms. The first-order valence-electron chi connectivity index (χ1n) is 37.0. The molecule has 0 radical (unpaired) electrons. The standard InChI is InChI=1S/C76H134N10O14/c1-27-29-31-51(14)68(91)67-69(92)77-57(28-2)73(96)80(20)54(17)71(94)85(25)66(50(13)32-30-37-100-76(99)81(21)55-33-35-78(18)36-34-55)63(89)43-56(48(9)10)72(95)83(23)58(38-45(3)4)62(88)41-52(15)61(87)42-53(16)70(93)82(22)59(39-46(5)6)64(90)44-79(19)60(40-47(7)8)74(97)84(24)65(49(11)12)75(98)86(67)26/h27,29,45-60,65-68,91H,28,30-44H2,1-26H3,(H,77,92)/b29-27+/t50-,51-,52-,53+,54-,56+,57+,58+,59+,60+,65+,66+,67+,68-/m1/s1. The van der Waals surface area contributed by atoms with Crippen LogP contribution in [-0.4, -0.2) is 270 Å². The van der Waals surface area contributed by atoms with Crippen LogP contribution in [0.4, 0.5) is 4.79 Å². The molecule has 100 heavy (non-hydrogen) atoms. The Labute approximate surface area is 601 Å². The number of Topliss-reactive ketones (excluding diaryl/α,β-unsaturated/α-hetero) is 4. The van der Waals surface area contributed by atoms with E-state index in [1.807, 2.05) is 61.6 Å². The number of ether oxygens (including phenoxy) is 1. The summed E-state index contributed by atoms with van der Waals surface area (Å²) in [6.07, 6.45) is 4.04. The molecule has 2 aliphatic heterocycles. The zero-order chi connectivity index (χ0) is 76.8. The smallest absolute Gasteiger partial charge is 0.409 e. The Morgan fingerprint density at radius 2 is 1.07 bits per heavy atom. The Bertz CT molecular complexity index is 2770. The first-order valence-corrected chi connectivity index (χ1v) is 37.0. The first-order chi connectivity index (χ1) is 46.4. The molecule has 2 saturated heterocycles. The molecule has 0 aromatic heterocycles. The molecular weight excluding hydrogens is 1280 g/mol. The van der Waals surface area contributed by atoms with Crippen LogP contribution in [0, 0.1) is 59.2 Å². The fourth-order valence-electron chi connectivity index (χ4n) is 14.2. The van der Waals surface area contributed by atoms with Gasteiger partial charge in [0.25, 0.3) is 0 Å². The zero-order valence-electron chi connectivity index (χ0n) is 66.3. The Balaban J connectivity index is 2.99. The maximum atomic E-state index is 15.4. The number of rotatable bonds is 19. The predicted octanol–water partition coefficient (Wildman–Crippen LogP) is 7.50. The van der Waals surface area contributed by atoms with E-state index < -0.39 is 149 Å². The summed E-state index contributed by atoms with van der Waals surface area (Å²) < 4.78 is 5.76. The summed E-state index contributed by atoms with van der Waals surface area (Å²) in [5.74, 6) is -11.2. The number of amides is 8. The van der Waals surface area contributed by atoms with Crippen molar-refractivity contribution < 1.29 is 67.4 Å². The van der Waals surface area contributed by atoms with Crippen LogP contribution < -0.4 is 5.32 Å². The molecular formula is C76H134N10O14. The van der Waals surface area contributed by atoms with Gasteiger partial charge in [0.05, 0.1) is 43.4 Å². The lowest BCUT2D eigenvalue weighted by Gasteiger charge is -2.41. The highest BCUT2D eigenvalue weighted by molar-refractivity contribution is 5.99. The zero-order valence-corrected chi connectivity index (χ0v) is 66.3. The molecule has 8 amide bonds. The van der Waals surface area contributed by atoms with E-state index in [9.17, 15) is 33.9 Å². The van der Waals surface area contributed by atoms with Gasteiger partial charge in [-0.3, -0.25) is 57.6 Å². The van der Waals surface area contributed by atoms with Crippen LogP contribution in [0.5, 0.6) is 0 Å². The minimum atomic E-state index is -1.62. The van der Waals surface area contributed by atoms with Crippen LogP contribution in [0.15, 0.2) is 12.2 Å². The highest BCUT2D eigenvalue weighted by Gasteiger charge is 2.46. The molecule has 0 saturated carbocycles. The van der Waals surface area contributed by atoms with Gasteiger partial charge in [-0.15, -0.1) is 0 Å². The van der Waals surface area contributed by atoms with Gasteiger partial charge in [0.15, 0.2) is 17.3 Å². The molecule has 24 heteroatoms. The molecule has 14 atom stereocenters. The van der Waals surface area contributed by atoms with Gasteiger partial charge in [-0.25, -0.2) is 4.79 Å². The number of likely N-dealkylation sites (N-methyl/N-ethyl adjacent to an activating group) is 7. The average Bonchev–Trinajstić information content (AvgIpc) is 0.825. The molecule has 2 aliphatic rings. The van der Waals surface area contributed by atoms with E-state index >= 15 is 28.8 Å². The quantitative estimate of drug-likeness (QED) is 0.0935. The third kappa shape index (κ3) is 25.4. The van der Waals surface area contributed by atoms with Gasteiger partial charge in [-0.1, -0.05) is 116 Å². The Morgan fingerprint density at radius 1 is 0.570 bits per heavy atom. The van der Waals surface area contributed by atoms with Gasteiger partial charge in [0.1, 0.15) is 30.0 Å². The van der Waals surface area contributed by atoms with E-state index in [1.165, 1.54) is 73.7 Å². The van der Waals surface area contributed by atoms with Crippen molar-refractivity contribution in [2.24, 2.45) is 59.2 Å². The number of aliphatic hydroxyl groups is 1. The minimum absolute atomic E-state index is 0.000331. The van der Waals surface area contributed by atoms with Crippen molar-refractivity contribution in [3.8, 4) is 0 Å². The van der Waals surface area contributed by atoms with E-state index in [0.717, 1.165) is 30.8 Å². The third-order valence-corrected chi connectivity index (χ3v) is 21.0. The summed E-state index contributed by atoms with van der Waals surface area (Å²) >= 11 is 0. The van der Waals surface area contributed by atoms with Crippen molar-refractivity contribution in [2.45, 2.75) is 255 Å². The largest absolute Gasteiger partial charge is 0.449 e. The molecule has 572 valence electrons. The lowest BCUT2D eigenvalue weighted by molar-refractivity contribution is -0.155. The molecule has 0 aromatic carbocycles. The summed E-state index contributed by atoms with van der Waals surface area (Å²) in [5, 5.41) is 15.1. The molecule has 0 aliphatic carbocycles. The molecule has 0 spiro atoms. The van der Waals surface area contributed by atoms with Gasteiger partial charge < -0.3 is 54.4 Å². The average molecular weight is 1410 g/mol. The number of nitrogens with one attached hydrogen (secondary N) is 1. The fraction of sp³-hybridized carbons (Fsp3) is 0.816. The number of carbonyl (C=O) groups is 12. The number of hydrogen-bond acceptors (Lipinski definition) is 16. The summed E-state index contributed by atoms with van der Waals surface area (Å²) in [6.45, 7) is 31.8. The fourth-order valence-corrected chi connectivity index (χ4v) is 14.2. The molecule has 2 N–H and O–H groups in total. The van der Waals surface area contributed by atoms with Crippen LogP contribution in [0.2, 0.25) is 0 Å². The maximum Gasteiger partial charge on any atom is 0.409 e. The Hall–Kier alpha value is -6.14. The van der Waals surface area contributed by atoms with E-state index in [-0.39, 0.29) is 106 Å². The third-order valence-electron chi connectivity index (χ3n) is 21.0. The number of ketones is 4. The number of nitrogens with zero attached hydrogens (tertiary/aromatic N) is 9. The second-order valence-electron chi connectivity index (χ2n) is 31.6. The Morgan fingerprint density at radius 3 is 1.58 bits per heavy atom. The highest BCUT2D eigenvalue weighted by Crippen LogP contribution is 2.30. The molecule has 2 rings (SSSR count). The van der Waals surface area contributed by atoms with Gasteiger partial charge in [-0.05, 0) is 140 Å². The first kappa shape index (κ1) is 89.9. The van der Waals surface area contributed by atoms with E-state index in [2.05, 4.69) is 10.2 Å². The summed E-state index contributed by atoms with van der Waals surface area (Å²) in [5.41, 5.74) is 0. The number of carbonyl (C=O) groups excluding carboxylic acids is 12. The van der Waals surface area contributed by atoms with Crippen molar-refractivity contribution in [1.29, 1.82) is 0 Å². The molecule has 0 unspecified atom stereocenters. The lowest BCUT2D eigenvalue weighted by atomic mass is 9.82. The SMILES string of the molecule is C/C=C/C[C@@H](C)[C@@H](O)[C@H]1C(=O)N[C@@H](CC)C(=O)N(C)[C@H](C)C(=O)N(C)[C@@H]([C@H](C)CCCOC(=O)N(C)C2CCN(C)CC2)C(=O)C[C@@H](C(C)C)C(=O)N(C)[C@@H](CC(C)C)C(=O)C[C@@H](C)C(=O)C[C@H](C)C(=O)N(C)[C@@H](CC(C)C)C(=O)CN(C)[C@@H](CC(C)C)C(=O)N(C)[C@@H](C(C)C)C(=O)N1C. The number of allylic oxidation sites excluding steroid dienone is 2. The van der Waals surface area contributed by atoms with Crippen molar-refractivity contribution >= 4 is 70.6 Å². The second kappa shape index (κ2) is 41.8. The van der Waals surface area contributed by atoms with Crippen LogP contribution in [0.25, 0.3) is 0 Å². The summed E-state index contributed by atoms with van der Waals surface area (Å²) in [4.78, 5) is 191. The van der Waals surface area contributed by atoms with Crippen LogP contribution >= 0.6 is 0 Å². The van der Waals surface area contributed by atoms with Gasteiger partial charge >= 0.3 is 6.09 Å². The lowest BCUT2D eigenvalue weighted by Crippen LogP contribution is -2.63. The van der Waals surface area contributed by atoms with Crippen molar-refractivity contribution in [3.63, 3.8) is 0 Å². The molecule has 2 heterocycles. The van der Waals surface area contributed by atoms with Gasteiger partial charge in [0, 0.05) is 92.4 Å². The van der Waals surface area contributed by atoms with E-state index in [0.29, 0.717) is 12.8 Å². The van der Waals surface area contributed by atoms with Gasteiger partial charge in [0.2, 0.25) is 41.4 Å². The highest BCUT2D eigenvalue weighted by atomic mass is 16.6. The predicted molar refractivity (Wildman–Crippen MR) is 390 cm³/mol. The van der Waals surface area contributed by atoms with E-state index in [1.54, 1.807) is 92.3 Å². The molecule has 2 fully saturated rings. The minimum Gasteiger partial charge on any atom is -0.449 e. The number of piperidine rings is 1. The number of aliphatic hydroxyl groups excluding tert-OH is 1. The monoisotopic (exact) mass is 1410 g/mol. The molecule has 0 aromatic rings. The Kier molecular flexibility index (Phi) is 37.6. The summed E-state index contributed by atoms with van der Waals surface area (Å²) in [6, 6.07) is -9.51. The molecule has 24 nitrogen and oxygen atoms in total. The van der Waals surface area contributed by atoms with Gasteiger partial charge in [-0.2, -0.15) is 0 Å². The normalized spacial score (nSPS) is 27.4. The van der Waals surface area contributed by atoms with Crippen LogP contribution in [-0.2, 0) is 57.5 Å². The summed E-state index contributed by atoms with van der Waals surface area (Å²) in [7, 11) is 14.2. The van der Waals surface area contributed by atoms with Crippen molar-refractivity contribution in [2.75, 3.05) is 89.7 Å².